The van der Waals surface area contributed by atoms with E-state index in [1.54, 1.807) is 6.33 Å². The molecule has 0 bridgehead atoms. The Kier molecular flexibility index (Phi) is 2.35. The fourth-order valence-electron chi connectivity index (χ4n) is 2.38. The summed E-state index contributed by atoms with van der Waals surface area (Å²) in [6.45, 7) is 2.59. The van der Waals surface area contributed by atoms with E-state index in [0.717, 1.165) is 28.6 Å². The zero-order chi connectivity index (χ0) is 13.5. The molecule has 6 nitrogen and oxygen atoms in total. The van der Waals surface area contributed by atoms with E-state index in [4.69, 9.17) is 4.74 Å². The summed E-state index contributed by atoms with van der Waals surface area (Å²) in [5.74, 6) is 1.59. The van der Waals surface area contributed by atoms with Gasteiger partial charge in [0.05, 0.1) is 12.2 Å². The Morgan fingerprint density at radius 1 is 1.30 bits per heavy atom. The highest BCUT2D eigenvalue weighted by Crippen LogP contribution is 2.33. The highest BCUT2D eigenvalue weighted by molar-refractivity contribution is 5.58. The summed E-state index contributed by atoms with van der Waals surface area (Å²) in [6.07, 6.45) is 1.56. The van der Waals surface area contributed by atoms with Gasteiger partial charge in [0.15, 0.2) is 17.6 Å². The summed E-state index contributed by atoms with van der Waals surface area (Å²) in [4.78, 5) is 4.29. The van der Waals surface area contributed by atoms with Gasteiger partial charge in [-0.1, -0.05) is 12.1 Å². The molecule has 1 aliphatic heterocycles. The number of fused-ring (bicyclic) bond motifs is 2. The maximum atomic E-state index is 6.00. The van der Waals surface area contributed by atoms with Crippen molar-refractivity contribution in [3.05, 3.63) is 48.2 Å². The van der Waals surface area contributed by atoms with Gasteiger partial charge in [-0.3, -0.25) is 4.40 Å². The third kappa shape index (κ3) is 1.69. The smallest absolute Gasteiger partial charge is 0.181 e. The molecule has 0 fully saturated rings. The van der Waals surface area contributed by atoms with E-state index < -0.39 is 0 Å². The second kappa shape index (κ2) is 4.19. The van der Waals surface area contributed by atoms with Gasteiger partial charge < -0.3 is 10.1 Å². The molecule has 6 heteroatoms. The summed E-state index contributed by atoms with van der Waals surface area (Å²) in [6, 6.07) is 9.78. The van der Waals surface area contributed by atoms with Crippen LogP contribution in [0.1, 0.15) is 17.6 Å². The van der Waals surface area contributed by atoms with E-state index in [1.807, 2.05) is 41.7 Å². The van der Waals surface area contributed by atoms with Crippen LogP contribution in [0.5, 0.6) is 5.75 Å². The van der Waals surface area contributed by atoms with Gasteiger partial charge in [-0.2, -0.15) is 0 Å². The Morgan fingerprint density at radius 2 is 2.20 bits per heavy atom. The molecule has 2 aromatic heterocycles. The van der Waals surface area contributed by atoms with Crippen LogP contribution >= 0.6 is 0 Å². The Bertz CT molecular complexity index is 782. The number of benzene rings is 1. The molecule has 100 valence electrons. The zero-order valence-electron chi connectivity index (χ0n) is 10.9. The van der Waals surface area contributed by atoms with Crippen molar-refractivity contribution in [2.75, 3.05) is 11.9 Å². The lowest BCUT2D eigenvalue weighted by Crippen LogP contribution is -2.25. The summed E-state index contributed by atoms with van der Waals surface area (Å²) in [5, 5.41) is 11.8. The fourth-order valence-corrected chi connectivity index (χ4v) is 2.38. The lowest BCUT2D eigenvalue weighted by atomic mass is 10.2. The standard InChI is InChI=1S/C14H13N5O/c1-9-6-13-17-18-14(19(13)8-16-9)12-7-15-10-4-2-3-5-11(10)20-12/h2-6,8,12,15H,7H2,1H3. The molecule has 4 rings (SSSR count). The number of rotatable bonds is 1. The Hall–Kier alpha value is -2.63. The van der Waals surface area contributed by atoms with Gasteiger partial charge >= 0.3 is 0 Å². The monoisotopic (exact) mass is 267 g/mol. The zero-order valence-corrected chi connectivity index (χ0v) is 10.9. The van der Waals surface area contributed by atoms with E-state index in [9.17, 15) is 0 Å². The molecule has 1 aliphatic rings. The molecule has 1 aromatic carbocycles. The maximum absolute atomic E-state index is 6.00. The van der Waals surface area contributed by atoms with Crippen molar-refractivity contribution in [2.45, 2.75) is 13.0 Å². The molecular weight excluding hydrogens is 254 g/mol. The van der Waals surface area contributed by atoms with Crippen LogP contribution in [-0.2, 0) is 0 Å². The van der Waals surface area contributed by atoms with Crippen molar-refractivity contribution in [1.29, 1.82) is 0 Å². The predicted octanol–water partition coefficient (Wildman–Crippen LogP) is 1.98. The quantitative estimate of drug-likeness (QED) is 0.730. The number of ether oxygens (including phenoxy) is 1. The molecule has 0 radical (unpaired) electrons. The lowest BCUT2D eigenvalue weighted by molar-refractivity contribution is 0.199. The molecule has 20 heavy (non-hydrogen) atoms. The van der Waals surface area contributed by atoms with Crippen molar-refractivity contribution in [3.8, 4) is 5.75 Å². The normalized spacial score (nSPS) is 17.4. The van der Waals surface area contributed by atoms with Crippen LogP contribution in [0.3, 0.4) is 0 Å². The second-order valence-corrected chi connectivity index (χ2v) is 4.80. The summed E-state index contributed by atoms with van der Waals surface area (Å²) >= 11 is 0. The van der Waals surface area contributed by atoms with Gasteiger partial charge in [0, 0.05) is 11.8 Å². The van der Waals surface area contributed by atoms with E-state index in [1.165, 1.54) is 0 Å². The van der Waals surface area contributed by atoms with Crippen LogP contribution in [0.15, 0.2) is 36.7 Å². The average Bonchev–Trinajstić information content (AvgIpc) is 2.89. The van der Waals surface area contributed by atoms with Crippen LogP contribution in [0.2, 0.25) is 0 Å². The van der Waals surface area contributed by atoms with E-state index in [2.05, 4.69) is 20.5 Å². The third-order valence-corrected chi connectivity index (χ3v) is 3.39. The van der Waals surface area contributed by atoms with Crippen LogP contribution in [0.4, 0.5) is 5.69 Å². The molecular formula is C14H13N5O. The van der Waals surface area contributed by atoms with Crippen LogP contribution in [-0.4, -0.2) is 26.1 Å². The molecule has 1 unspecified atom stereocenters. The number of para-hydroxylation sites is 2. The third-order valence-electron chi connectivity index (χ3n) is 3.39. The van der Waals surface area contributed by atoms with Crippen molar-refractivity contribution in [1.82, 2.24) is 19.6 Å². The van der Waals surface area contributed by atoms with E-state index in [0.29, 0.717) is 6.54 Å². The van der Waals surface area contributed by atoms with Crippen LogP contribution < -0.4 is 10.1 Å². The SMILES string of the molecule is Cc1cc2nnc(C3CNc4ccccc4O3)n2cn1. The number of nitrogens with one attached hydrogen (secondary N) is 1. The molecule has 0 saturated heterocycles. The summed E-state index contributed by atoms with van der Waals surface area (Å²) in [7, 11) is 0. The molecule has 0 spiro atoms. The Labute approximate surface area is 115 Å². The van der Waals surface area contributed by atoms with Crippen molar-refractivity contribution < 1.29 is 4.74 Å². The highest BCUT2D eigenvalue weighted by atomic mass is 16.5. The molecule has 3 heterocycles. The largest absolute Gasteiger partial charge is 0.478 e. The number of anilines is 1. The molecule has 1 atom stereocenters. The molecule has 3 aromatic rings. The second-order valence-electron chi connectivity index (χ2n) is 4.80. The predicted molar refractivity (Wildman–Crippen MR) is 73.8 cm³/mol. The molecule has 0 aliphatic carbocycles. The van der Waals surface area contributed by atoms with Crippen LogP contribution in [0.25, 0.3) is 5.65 Å². The summed E-state index contributed by atoms with van der Waals surface area (Å²) < 4.78 is 7.87. The number of nitrogens with zero attached hydrogens (tertiary/aromatic N) is 4. The van der Waals surface area contributed by atoms with Gasteiger partial charge in [0.25, 0.3) is 0 Å². The van der Waals surface area contributed by atoms with Crippen molar-refractivity contribution >= 4 is 11.3 Å². The summed E-state index contributed by atoms with van der Waals surface area (Å²) in [5.41, 5.74) is 2.71. The van der Waals surface area contributed by atoms with Crippen LogP contribution in [0, 0.1) is 6.92 Å². The van der Waals surface area contributed by atoms with Gasteiger partial charge in [0.1, 0.15) is 12.1 Å². The maximum Gasteiger partial charge on any atom is 0.181 e. The fraction of sp³-hybridized carbons (Fsp3) is 0.214. The van der Waals surface area contributed by atoms with Gasteiger partial charge in [-0.25, -0.2) is 4.98 Å². The van der Waals surface area contributed by atoms with Gasteiger partial charge in [-0.15, -0.1) is 10.2 Å². The average molecular weight is 267 g/mol. The first-order valence-corrected chi connectivity index (χ1v) is 6.48. The minimum atomic E-state index is -0.176. The number of hydrogen-bond acceptors (Lipinski definition) is 5. The van der Waals surface area contributed by atoms with E-state index in [-0.39, 0.29) is 6.10 Å². The number of hydrogen-bond donors (Lipinski definition) is 1. The highest BCUT2D eigenvalue weighted by Gasteiger charge is 2.25. The Morgan fingerprint density at radius 3 is 3.15 bits per heavy atom. The topological polar surface area (TPSA) is 64.3 Å². The number of aryl methyl sites for hydroxylation is 1. The minimum Gasteiger partial charge on any atom is -0.478 e. The first-order chi connectivity index (χ1) is 9.81. The van der Waals surface area contributed by atoms with Crippen molar-refractivity contribution in [2.24, 2.45) is 0 Å². The molecule has 1 N–H and O–H groups in total. The minimum absolute atomic E-state index is 0.176. The van der Waals surface area contributed by atoms with Gasteiger partial charge in [-0.05, 0) is 19.1 Å². The molecule has 0 saturated carbocycles. The first kappa shape index (κ1) is 11.2. The Balaban J connectivity index is 1.74. The van der Waals surface area contributed by atoms with Crippen molar-refractivity contribution in [3.63, 3.8) is 0 Å². The number of aromatic nitrogens is 4. The molecule has 0 amide bonds. The van der Waals surface area contributed by atoms with Gasteiger partial charge in [0.2, 0.25) is 0 Å². The van der Waals surface area contributed by atoms with E-state index >= 15 is 0 Å². The first-order valence-electron chi connectivity index (χ1n) is 6.48. The lowest BCUT2D eigenvalue weighted by Gasteiger charge is -2.26.